The molecule has 0 unspecified atom stereocenters. The minimum absolute atomic E-state index is 0.124. The lowest BCUT2D eigenvalue weighted by Crippen LogP contribution is -2.39. The zero-order valence-corrected chi connectivity index (χ0v) is 19.8. The van der Waals surface area contributed by atoms with Crippen LogP contribution in [0.5, 0.6) is 0 Å². The van der Waals surface area contributed by atoms with Crippen molar-refractivity contribution in [1.29, 1.82) is 0 Å². The molecule has 0 aliphatic carbocycles. The number of rotatable bonds is 9. The Balaban J connectivity index is 2.08. The fraction of sp³-hybridized carbons (Fsp3) is 0.350. The van der Waals surface area contributed by atoms with E-state index in [-0.39, 0.29) is 22.4 Å². The molecule has 1 N–H and O–H groups in total. The van der Waals surface area contributed by atoms with E-state index in [1.54, 1.807) is 24.3 Å². The van der Waals surface area contributed by atoms with E-state index in [9.17, 15) is 21.6 Å². The summed E-state index contributed by atoms with van der Waals surface area (Å²) in [6.45, 7) is 1.55. The highest BCUT2D eigenvalue weighted by atomic mass is 32.2. The van der Waals surface area contributed by atoms with Gasteiger partial charge in [-0.05, 0) is 54.6 Å². The van der Waals surface area contributed by atoms with E-state index in [2.05, 4.69) is 5.32 Å². The van der Waals surface area contributed by atoms with Crippen LogP contribution in [0.25, 0.3) is 0 Å². The van der Waals surface area contributed by atoms with E-state index >= 15 is 0 Å². The van der Waals surface area contributed by atoms with Gasteiger partial charge in [0.25, 0.3) is 0 Å². The molecule has 0 aliphatic heterocycles. The number of likely N-dealkylation sites (N-methyl/N-ethyl adjacent to an activating group) is 1. The van der Waals surface area contributed by atoms with Gasteiger partial charge in [0.1, 0.15) is 0 Å². The van der Waals surface area contributed by atoms with Crippen molar-refractivity contribution in [2.24, 2.45) is 0 Å². The van der Waals surface area contributed by atoms with E-state index in [1.165, 1.54) is 43.1 Å². The standard InChI is InChI=1S/C20H26N2O5S3/c1-5-19(15-6-10-17(11-7-15)29(4,24)25)21-20(23)14-22(2)30(26,27)18-12-8-16(28-3)9-13-18/h6-13,19H,5,14H2,1-4H3,(H,21,23)/t19-/m1/s1. The van der Waals surface area contributed by atoms with E-state index in [4.69, 9.17) is 0 Å². The number of carbonyl (C=O) groups is 1. The van der Waals surface area contributed by atoms with Gasteiger partial charge in [-0.15, -0.1) is 11.8 Å². The van der Waals surface area contributed by atoms with Gasteiger partial charge in [0.15, 0.2) is 9.84 Å². The monoisotopic (exact) mass is 470 g/mol. The predicted molar refractivity (Wildman–Crippen MR) is 119 cm³/mol. The highest BCUT2D eigenvalue weighted by Gasteiger charge is 2.24. The maximum absolute atomic E-state index is 12.7. The molecule has 0 heterocycles. The molecule has 30 heavy (non-hydrogen) atoms. The van der Waals surface area contributed by atoms with Crippen LogP contribution in [0, 0.1) is 0 Å². The van der Waals surface area contributed by atoms with Crippen LogP contribution >= 0.6 is 11.8 Å². The fourth-order valence-electron chi connectivity index (χ4n) is 2.82. The number of hydrogen-bond acceptors (Lipinski definition) is 6. The second-order valence-electron chi connectivity index (χ2n) is 6.81. The molecule has 10 heteroatoms. The summed E-state index contributed by atoms with van der Waals surface area (Å²) in [6, 6.07) is 12.4. The lowest BCUT2D eigenvalue weighted by molar-refractivity contribution is -0.121. The van der Waals surface area contributed by atoms with Crippen LogP contribution in [0.3, 0.4) is 0 Å². The van der Waals surface area contributed by atoms with Crippen LogP contribution < -0.4 is 5.32 Å². The molecule has 0 aromatic heterocycles. The molecule has 0 bridgehead atoms. The smallest absolute Gasteiger partial charge is 0.243 e. The van der Waals surface area contributed by atoms with E-state index < -0.39 is 25.8 Å². The Morgan fingerprint density at radius 1 is 1.00 bits per heavy atom. The number of benzene rings is 2. The molecule has 0 saturated carbocycles. The maximum atomic E-state index is 12.7. The first kappa shape index (κ1) is 24.4. The molecular weight excluding hydrogens is 444 g/mol. The van der Waals surface area contributed by atoms with Crippen molar-refractivity contribution in [3.05, 3.63) is 54.1 Å². The molecule has 0 fully saturated rings. The lowest BCUT2D eigenvalue weighted by Gasteiger charge is -2.21. The van der Waals surface area contributed by atoms with Gasteiger partial charge >= 0.3 is 0 Å². The van der Waals surface area contributed by atoms with Gasteiger partial charge in [-0.1, -0.05) is 19.1 Å². The number of nitrogens with zero attached hydrogens (tertiary/aromatic N) is 1. The van der Waals surface area contributed by atoms with Crippen LogP contribution in [0.1, 0.15) is 24.9 Å². The average molecular weight is 471 g/mol. The van der Waals surface area contributed by atoms with Gasteiger partial charge in [-0.3, -0.25) is 4.79 Å². The highest BCUT2D eigenvalue weighted by molar-refractivity contribution is 7.98. The SMILES string of the molecule is CC[C@@H](NC(=O)CN(C)S(=O)(=O)c1ccc(SC)cc1)c1ccc(S(C)(=O)=O)cc1. The zero-order chi connectivity index (χ0) is 22.5. The molecule has 0 spiro atoms. The van der Waals surface area contributed by atoms with Gasteiger partial charge in [0, 0.05) is 18.2 Å². The summed E-state index contributed by atoms with van der Waals surface area (Å²) < 4.78 is 49.6. The van der Waals surface area contributed by atoms with Gasteiger partial charge in [-0.2, -0.15) is 4.31 Å². The Morgan fingerprint density at radius 3 is 2.00 bits per heavy atom. The van der Waals surface area contributed by atoms with Gasteiger partial charge < -0.3 is 5.32 Å². The quantitative estimate of drug-likeness (QED) is 0.566. The molecule has 0 radical (unpaired) electrons. The normalized spacial score (nSPS) is 13.2. The van der Waals surface area contributed by atoms with Crippen molar-refractivity contribution in [3.8, 4) is 0 Å². The number of sulfonamides is 1. The van der Waals surface area contributed by atoms with Crippen molar-refractivity contribution in [3.63, 3.8) is 0 Å². The van der Waals surface area contributed by atoms with Crippen molar-refractivity contribution in [2.45, 2.75) is 34.1 Å². The Morgan fingerprint density at radius 2 is 1.53 bits per heavy atom. The molecule has 2 aromatic carbocycles. The molecule has 0 aliphatic rings. The van der Waals surface area contributed by atoms with Gasteiger partial charge in [0.05, 0.1) is 22.4 Å². The van der Waals surface area contributed by atoms with E-state index in [0.717, 1.165) is 21.0 Å². The van der Waals surface area contributed by atoms with Gasteiger partial charge in [0.2, 0.25) is 15.9 Å². The van der Waals surface area contributed by atoms with Crippen molar-refractivity contribution >= 4 is 37.5 Å². The molecule has 7 nitrogen and oxygen atoms in total. The van der Waals surface area contributed by atoms with E-state index in [0.29, 0.717) is 6.42 Å². The number of hydrogen-bond donors (Lipinski definition) is 1. The molecular formula is C20H26N2O5S3. The first-order valence-electron chi connectivity index (χ1n) is 9.18. The second kappa shape index (κ2) is 9.95. The van der Waals surface area contributed by atoms with Crippen molar-refractivity contribution in [2.75, 3.05) is 26.1 Å². The third-order valence-corrected chi connectivity index (χ3v) is 8.28. The molecule has 1 atom stereocenters. The second-order valence-corrected chi connectivity index (χ2v) is 11.7. The zero-order valence-electron chi connectivity index (χ0n) is 17.3. The molecule has 2 rings (SSSR count). The van der Waals surface area contributed by atoms with Crippen molar-refractivity contribution < 1.29 is 21.6 Å². The van der Waals surface area contributed by atoms with E-state index in [1.807, 2.05) is 13.2 Å². The minimum Gasteiger partial charge on any atom is -0.348 e. The Kier molecular flexibility index (Phi) is 8.09. The fourth-order valence-corrected chi connectivity index (χ4v) is 4.99. The summed E-state index contributed by atoms with van der Waals surface area (Å²) in [5.74, 6) is -0.444. The molecule has 164 valence electrons. The van der Waals surface area contributed by atoms with Crippen molar-refractivity contribution in [1.82, 2.24) is 9.62 Å². The lowest BCUT2D eigenvalue weighted by atomic mass is 10.0. The number of amides is 1. The third kappa shape index (κ3) is 6.07. The predicted octanol–water partition coefficient (Wildman–Crippen LogP) is 2.70. The summed E-state index contributed by atoms with van der Waals surface area (Å²) >= 11 is 1.51. The van der Waals surface area contributed by atoms with Crippen LogP contribution in [0.4, 0.5) is 0 Å². The molecule has 1 amide bonds. The summed E-state index contributed by atoms with van der Waals surface area (Å²) in [4.78, 5) is 13.8. The summed E-state index contributed by atoms with van der Waals surface area (Å²) in [7, 11) is -5.73. The summed E-state index contributed by atoms with van der Waals surface area (Å²) in [5.41, 5.74) is 0.747. The Labute approximate surface area is 182 Å². The topological polar surface area (TPSA) is 101 Å². The molecule has 0 saturated heterocycles. The average Bonchev–Trinajstić information content (AvgIpc) is 2.71. The number of sulfone groups is 1. The Hall–Kier alpha value is -1.88. The first-order chi connectivity index (χ1) is 14.0. The Bertz CT molecular complexity index is 1080. The minimum atomic E-state index is -3.79. The third-order valence-electron chi connectivity index (χ3n) is 4.59. The van der Waals surface area contributed by atoms with Crippen LogP contribution in [0.2, 0.25) is 0 Å². The number of carbonyl (C=O) groups excluding carboxylic acids is 1. The van der Waals surface area contributed by atoms with Crippen LogP contribution in [-0.2, 0) is 24.7 Å². The highest BCUT2D eigenvalue weighted by Crippen LogP contribution is 2.21. The van der Waals surface area contributed by atoms with Crippen LogP contribution in [0.15, 0.2) is 63.2 Å². The van der Waals surface area contributed by atoms with Crippen LogP contribution in [-0.4, -0.2) is 53.2 Å². The van der Waals surface area contributed by atoms with Gasteiger partial charge in [-0.25, -0.2) is 16.8 Å². The first-order valence-corrected chi connectivity index (χ1v) is 13.7. The molecule has 2 aromatic rings. The number of nitrogens with one attached hydrogen (secondary N) is 1. The summed E-state index contributed by atoms with van der Waals surface area (Å²) in [5, 5.41) is 2.82. The maximum Gasteiger partial charge on any atom is 0.243 e. The largest absolute Gasteiger partial charge is 0.348 e. The summed E-state index contributed by atoms with van der Waals surface area (Å²) in [6.07, 6.45) is 3.60. The number of thioether (sulfide) groups is 1.